The molecule has 1 aromatic rings. The highest BCUT2D eigenvalue weighted by Crippen LogP contribution is 2.22. The third kappa shape index (κ3) is 3.62. The Morgan fingerprint density at radius 1 is 1.44 bits per heavy atom. The van der Waals surface area contributed by atoms with E-state index in [1.54, 1.807) is 13.2 Å². The normalized spacial score (nSPS) is 9.69. The lowest BCUT2D eigenvalue weighted by Gasteiger charge is -2.07. The Morgan fingerprint density at radius 3 is 2.75 bits per heavy atom. The summed E-state index contributed by atoms with van der Waals surface area (Å²) in [5.74, 6) is 0.717. The summed E-state index contributed by atoms with van der Waals surface area (Å²) >= 11 is 6.03. The molecular weight excluding hydrogens is 230 g/mol. The summed E-state index contributed by atoms with van der Waals surface area (Å²) in [6.45, 7) is 0.485. The van der Waals surface area contributed by atoms with E-state index in [0.29, 0.717) is 18.0 Å². The van der Waals surface area contributed by atoms with Gasteiger partial charge in [0.1, 0.15) is 5.75 Å². The van der Waals surface area contributed by atoms with E-state index < -0.39 is 6.09 Å². The Hall–Kier alpha value is -1.42. The van der Waals surface area contributed by atoms with E-state index in [-0.39, 0.29) is 0 Å². The summed E-state index contributed by atoms with van der Waals surface area (Å²) in [5.41, 5.74) is 0.957. The van der Waals surface area contributed by atoms with Crippen LogP contribution in [0.1, 0.15) is 5.56 Å². The molecule has 0 aliphatic rings. The molecule has 16 heavy (non-hydrogen) atoms. The highest BCUT2D eigenvalue weighted by atomic mass is 35.5. The quantitative estimate of drug-likeness (QED) is 0.882. The minimum Gasteiger partial charge on any atom is -0.497 e. The third-order valence-corrected chi connectivity index (χ3v) is 2.46. The number of benzene rings is 1. The molecule has 1 amide bonds. The van der Waals surface area contributed by atoms with Gasteiger partial charge < -0.3 is 14.8 Å². The van der Waals surface area contributed by atoms with Crippen molar-refractivity contribution in [1.82, 2.24) is 5.32 Å². The van der Waals surface area contributed by atoms with Crippen molar-refractivity contribution in [2.24, 2.45) is 0 Å². The van der Waals surface area contributed by atoms with Crippen molar-refractivity contribution in [3.8, 4) is 5.75 Å². The van der Waals surface area contributed by atoms with Gasteiger partial charge in [0.15, 0.2) is 0 Å². The Kier molecular flexibility index (Phi) is 4.92. The Labute approximate surface area is 99.5 Å². The van der Waals surface area contributed by atoms with Gasteiger partial charge in [0.2, 0.25) is 0 Å². The molecule has 0 saturated carbocycles. The molecule has 0 aromatic heterocycles. The molecule has 1 N–H and O–H groups in total. The monoisotopic (exact) mass is 243 g/mol. The summed E-state index contributed by atoms with van der Waals surface area (Å²) in [5, 5.41) is 3.22. The standard InChI is InChI=1S/C11H14ClNO3/c1-15-9-4-3-8(10(12)7-9)5-6-13-11(14)16-2/h3-4,7H,5-6H2,1-2H3,(H,13,14). The summed E-state index contributed by atoms with van der Waals surface area (Å²) < 4.78 is 9.49. The number of hydrogen-bond acceptors (Lipinski definition) is 3. The van der Waals surface area contributed by atoms with E-state index in [4.69, 9.17) is 16.3 Å². The van der Waals surface area contributed by atoms with Crippen LogP contribution in [0.5, 0.6) is 5.75 Å². The van der Waals surface area contributed by atoms with E-state index in [2.05, 4.69) is 10.1 Å². The smallest absolute Gasteiger partial charge is 0.406 e. The van der Waals surface area contributed by atoms with Crippen molar-refractivity contribution >= 4 is 17.7 Å². The van der Waals surface area contributed by atoms with Gasteiger partial charge in [-0.2, -0.15) is 0 Å². The highest BCUT2D eigenvalue weighted by Gasteiger charge is 2.03. The maximum Gasteiger partial charge on any atom is 0.406 e. The van der Waals surface area contributed by atoms with E-state index in [1.807, 2.05) is 12.1 Å². The lowest BCUT2D eigenvalue weighted by atomic mass is 10.1. The van der Waals surface area contributed by atoms with Gasteiger partial charge in [0.05, 0.1) is 14.2 Å². The number of carbonyl (C=O) groups excluding carboxylic acids is 1. The van der Waals surface area contributed by atoms with Gasteiger partial charge in [-0.15, -0.1) is 0 Å². The van der Waals surface area contributed by atoms with Crippen molar-refractivity contribution in [3.63, 3.8) is 0 Å². The van der Waals surface area contributed by atoms with Crippen molar-refractivity contribution in [2.45, 2.75) is 6.42 Å². The van der Waals surface area contributed by atoms with Gasteiger partial charge in [-0.05, 0) is 24.1 Å². The predicted octanol–water partition coefficient (Wildman–Crippen LogP) is 2.25. The number of rotatable bonds is 4. The van der Waals surface area contributed by atoms with Crippen molar-refractivity contribution in [3.05, 3.63) is 28.8 Å². The number of carbonyl (C=O) groups is 1. The molecule has 0 unspecified atom stereocenters. The minimum atomic E-state index is -0.440. The molecule has 0 fully saturated rings. The fraction of sp³-hybridized carbons (Fsp3) is 0.364. The Balaban J connectivity index is 2.51. The van der Waals surface area contributed by atoms with E-state index in [1.165, 1.54) is 7.11 Å². The van der Waals surface area contributed by atoms with Crippen LogP contribution in [0.2, 0.25) is 5.02 Å². The molecule has 0 heterocycles. The first-order chi connectivity index (χ1) is 7.67. The van der Waals surface area contributed by atoms with Gasteiger partial charge in [-0.3, -0.25) is 0 Å². The SMILES string of the molecule is COC(=O)NCCc1ccc(OC)cc1Cl. The lowest BCUT2D eigenvalue weighted by molar-refractivity contribution is 0.171. The summed E-state index contributed by atoms with van der Waals surface area (Å²) in [7, 11) is 2.92. The minimum absolute atomic E-state index is 0.440. The summed E-state index contributed by atoms with van der Waals surface area (Å²) in [6.07, 6.45) is 0.211. The van der Waals surface area contributed by atoms with Gasteiger partial charge in [-0.25, -0.2) is 4.79 Å². The highest BCUT2D eigenvalue weighted by molar-refractivity contribution is 6.31. The van der Waals surface area contributed by atoms with Crippen LogP contribution in [0.15, 0.2) is 18.2 Å². The van der Waals surface area contributed by atoms with Gasteiger partial charge in [0.25, 0.3) is 0 Å². The predicted molar refractivity (Wildman–Crippen MR) is 62.1 cm³/mol. The van der Waals surface area contributed by atoms with Crippen molar-refractivity contribution < 1.29 is 14.3 Å². The van der Waals surface area contributed by atoms with Crippen LogP contribution in [0.3, 0.4) is 0 Å². The molecule has 0 spiro atoms. The molecule has 0 radical (unpaired) electrons. The third-order valence-electron chi connectivity index (χ3n) is 2.11. The van der Waals surface area contributed by atoms with Crippen LogP contribution in [0.25, 0.3) is 0 Å². The topological polar surface area (TPSA) is 47.6 Å². The molecule has 4 nitrogen and oxygen atoms in total. The number of hydrogen-bond donors (Lipinski definition) is 1. The second-order valence-electron chi connectivity index (χ2n) is 3.13. The van der Waals surface area contributed by atoms with E-state index >= 15 is 0 Å². The molecule has 5 heteroatoms. The number of methoxy groups -OCH3 is 2. The fourth-order valence-corrected chi connectivity index (χ4v) is 1.49. The molecule has 1 aromatic carbocycles. The number of nitrogens with one attached hydrogen (secondary N) is 1. The molecule has 88 valence electrons. The maximum atomic E-state index is 10.8. The van der Waals surface area contributed by atoms with Crippen molar-refractivity contribution in [2.75, 3.05) is 20.8 Å². The van der Waals surface area contributed by atoms with Crippen LogP contribution >= 0.6 is 11.6 Å². The zero-order valence-electron chi connectivity index (χ0n) is 9.25. The summed E-state index contributed by atoms with van der Waals surface area (Å²) in [6, 6.07) is 5.45. The maximum absolute atomic E-state index is 10.8. The second kappa shape index (κ2) is 6.23. The van der Waals surface area contributed by atoms with Crippen LogP contribution in [-0.4, -0.2) is 26.9 Å². The molecular formula is C11H14ClNO3. The second-order valence-corrected chi connectivity index (χ2v) is 3.53. The molecule has 0 aliphatic heterocycles. The Bertz CT molecular complexity index is 368. The largest absolute Gasteiger partial charge is 0.497 e. The van der Waals surface area contributed by atoms with Crippen LogP contribution < -0.4 is 10.1 Å². The first-order valence-electron chi connectivity index (χ1n) is 4.81. The zero-order chi connectivity index (χ0) is 12.0. The lowest BCUT2D eigenvalue weighted by Crippen LogP contribution is -2.25. The van der Waals surface area contributed by atoms with Gasteiger partial charge in [-0.1, -0.05) is 17.7 Å². The van der Waals surface area contributed by atoms with Gasteiger partial charge >= 0.3 is 6.09 Å². The number of halogens is 1. The number of amides is 1. The molecule has 0 aliphatic carbocycles. The zero-order valence-corrected chi connectivity index (χ0v) is 10.0. The summed E-state index contributed by atoms with van der Waals surface area (Å²) in [4.78, 5) is 10.8. The first-order valence-corrected chi connectivity index (χ1v) is 5.19. The number of alkyl carbamates (subject to hydrolysis) is 1. The van der Waals surface area contributed by atoms with E-state index in [9.17, 15) is 4.79 Å². The average Bonchev–Trinajstić information content (AvgIpc) is 2.30. The van der Waals surface area contributed by atoms with Gasteiger partial charge in [0, 0.05) is 11.6 Å². The van der Waals surface area contributed by atoms with Crippen LogP contribution in [0, 0.1) is 0 Å². The van der Waals surface area contributed by atoms with Crippen LogP contribution in [-0.2, 0) is 11.2 Å². The molecule has 0 bridgehead atoms. The van der Waals surface area contributed by atoms with Crippen molar-refractivity contribution in [1.29, 1.82) is 0 Å². The Morgan fingerprint density at radius 2 is 2.19 bits per heavy atom. The van der Waals surface area contributed by atoms with Crippen LogP contribution in [0.4, 0.5) is 4.79 Å². The average molecular weight is 244 g/mol. The number of ether oxygens (including phenoxy) is 2. The van der Waals surface area contributed by atoms with E-state index in [0.717, 1.165) is 11.3 Å². The fourth-order valence-electron chi connectivity index (χ4n) is 1.23. The molecule has 1 rings (SSSR count). The molecule has 0 atom stereocenters. The molecule has 0 saturated heterocycles. The first kappa shape index (κ1) is 12.6.